The van der Waals surface area contributed by atoms with Gasteiger partial charge in [0.1, 0.15) is 12.1 Å². The van der Waals surface area contributed by atoms with Crippen molar-refractivity contribution in [2.75, 3.05) is 0 Å². The summed E-state index contributed by atoms with van der Waals surface area (Å²) in [6, 6.07) is 3.90. The quantitative estimate of drug-likeness (QED) is 0.775. The molecule has 0 fully saturated rings. The van der Waals surface area contributed by atoms with E-state index in [1.54, 1.807) is 17.1 Å². The first-order chi connectivity index (χ1) is 8.35. The van der Waals surface area contributed by atoms with Crippen LogP contribution in [0.25, 0.3) is 0 Å². The molecule has 0 saturated heterocycles. The first-order valence-electron chi connectivity index (χ1n) is 5.16. The molecular weight excluding hydrogens is 216 g/mol. The number of rotatable bonds is 4. The predicted molar refractivity (Wildman–Crippen MR) is 58.5 cm³/mol. The molecule has 0 N–H and O–H groups in total. The largest absolute Gasteiger partial charge is 0.337 e. The third-order valence-corrected chi connectivity index (χ3v) is 2.42. The van der Waals surface area contributed by atoms with Crippen molar-refractivity contribution >= 4 is 0 Å². The van der Waals surface area contributed by atoms with Gasteiger partial charge in [0, 0.05) is 25.5 Å². The van der Waals surface area contributed by atoms with E-state index in [9.17, 15) is 0 Å². The van der Waals surface area contributed by atoms with Gasteiger partial charge in [-0.2, -0.15) is 10.5 Å². The van der Waals surface area contributed by atoms with Gasteiger partial charge in [0.05, 0.1) is 12.7 Å². The van der Waals surface area contributed by atoms with E-state index in [2.05, 4.69) is 9.97 Å². The first-order valence-corrected chi connectivity index (χ1v) is 5.16. The Morgan fingerprint density at radius 1 is 1.18 bits per heavy atom. The fraction of sp³-hybridized carbons (Fsp3) is 0.273. The van der Waals surface area contributed by atoms with Gasteiger partial charge in [-0.25, -0.2) is 9.97 Å². The molecule has 84 valence electrons. The number of hydrogen-bond donors (Lipinski definition) is 0. The number of aryl methyl sites for hydroxylation is 2. The minimum atomic E-state index is 0.190. The molecule has 0 aliphatic heterocycles. The van der Waals surface area contributed by atoms with Gasteiger partial charge >= 0.3 is 0 Å². The first kappa shape index (κ1) is 10.9. The standard InChI is InChI=1S/C11H10N6/c12-6-10-11(7-13)17(9-15-10)4-1-3-16-5-2-14-8-16/h2,5,8-9H,1,3-4H2. The van der Waals surface area contributed by atoms with E-state index < -0.39 is 0 Å². The van der Waals surface area contributed by atoms with Crippen molar-refractivity contribution < 1.29 is 0 Å². The van der Waals surface area contributed by atoms with E-state index in [0.29, 0.717) is 12.2 Å². The van der Waals surface area contributed by atoms with Gasteiger partial charge in [-0.15, -0.1) is 0 Å². The highest BCUT2D eigenvalue weighted by Gasteiger charge is 2.08. The van der Waals surface area contributed by atoms with Gasteiger partial charge < -0.3 is 9.13 Å². The Balaban J connectivity index is 1.98. The third-order valence-electron chi connectivity index (χ3n) is 2.42. The maximum absolute atomic E-state index is 8.93. The predicted octanol–water partition coefficient (Wildman–Crippen LogP) is 0.913. The molecule has 2 rings (SSSR count). The topological polar surface area (TPSA) is 83.2 Å². The zero-order chi connectivity index (χ0) is 12.1. The minimum absolute atomic E-state index is 0.190. The Labute approximate surface area is 98.4 Å². The van der Waals surface area contributed by atoms with E-state index >= 15 is 0 Å². The summed E-state index contributed by atoms with van der Waals surface area (Å²) in [5, 5.41) is 17.7. The summed E-state index contributed by atoms with van der Waals surface area (Å²) in [6.45, 7) is 1.49. The lowest BCUT2D eigenvalue weighted by molar-refractivity contribution is 0.560. The van der Waals surface area contributed by atoms with E-state index in [-0.39, 0.29) is 5.69 Å². The highest BCUT2D eigenvalue weighted by molar-refractivity contribution is 5.35. The molecule has 0 aliphatic carbocycles. The molecule has 0 unspecified atom stereocenters. The second-order valence-electron chi connectivity index (χ2n) is 3.51. The highest BCUT2D eigenvalue weighted by Crippen LogP contribution is 2.06. The fourth-order valence-corrected chi connectivity index (χ4v) is 1.59. The second-order valence-corrected chi connectivity index (χ2v) is 3.51. The lowest BCUT2D eigenvalue weighted by Gasteiger charge is -2.04. The van der Waals surface area contributed by atoms with Crippen molar-refractivity contribution in [2.45, 2.75) is 19.5 Å². The SMILES string of the molecule is N#Cc1ncn(CCCn2ccnc2)c1C#N. The van der Waals surface area contributed by atoms with E-state index in [1.807, 2.05) is 22.9 Å². The van der Waals surface area contributed by atoms with Gasteiger partial charge in [-0.3, -0.25) is 0 Å². The normalized spacial score (nSPS) is 9.76. The van der Waals surface area contributed by atoms with Crippen LogP contribution in [0.4, 0.5) is 0 Å². The van der Waals surface area contributed by atoms with E-state index in [0.717, 1.165) is 13.0 Å². The summed E-state index contributed by atoms with van der Waals surface area (Å²) in [4.78, 5) is 7.83. The van der Waals surface area contributed by atoms with Crippen LogP contribution in [-0.2, 0) is 13.1 Å². The molecule has 2 aromatic rings. The zero-order valence-electron chi connectivity index (χ0n) is 9.11. The molecule has 2 aromatic heterocycles. The van der Waals surface area contributed by atoms with Gasteiger partial charge in [0.25, 0.3) is 0 Å². The Hall–Kier alpha value is -2.60. The average Bonchev–Trinajstić information content (AvgIpc) is 2.97. The van der Waals surface area contributed by atoms with Crippen molar-refractivity contribution in [3.8, 4) is 12.1 Å². The highest BCUT2D eigenvalue weighted by atomic mass is 15.1. The van der Waals surface area contributed by atoms with Gasteiger partial charge in [0.15, 0.2) is 11.4 Å². The Morgan fingerprint density at radius 3 is 2.71 bits per heavy atom. The van der Waals surface area contributed by atoms with Crippen LogP contribution in [-0.4, -0.2) is 19.1 Å². The van der Waals surface area contributed by atoms with Crippen LogP contribution < -0.4 is 0 Å². The van der Waals surface area contributed by atoms with Crippen LogP contribution >= 0.6 is 0 Å². The third kappa shape index (κ3) is 2.32. The molecule has 6 heteroatoms. The number of imidazole rings is 2. The number of hydrogen-bond acceptors (Lipinski definition) is 4. The summed E-state index contributed by atoms with van der Waals surface area (Å²) < 4.78 is 3.67. The number of nitriles is 2. The Morgan fingerprint density at radius 2 is 2.06 bits per heavy atom. The van der Waals surface area contributed by atoms with Crippen molar-refractivity contribution in [1.82, 2.24) is 19.1 Å². The summed E-state index contributed by atoms with van der Waals surface area (Å²) in [5.41, 5.74) is 0.522. The van der Waals surface area contributed by atoms with Crippen molar-refractivity contribution in [3.05, 3.63) is 36.4 Å². The second kappa shape index (κ2) is 4.95. The fourth-order valence-electron chi connectivity index (χ4n) is 1.59. The minimum Gasteiger partial charge on any atom is -0.337 e. The molecule has 0 aromatic carbocycles. The van der Waals surface area contributed by atoms with Crippen molar-refractivity contribution in [1.29, 1.82) is 10.5 Å². The molecule has 0 amide bonds. The zero-order valence-corrected chi connectivity index (χ0v) is 9.11. The summed E-state index contributed by atoms with van der Waals surface area (Å²) >= 11 is 0. The molecule has 0 bridgehead atoms. The van der Waals surface area contributed by atoms with Gasteiger partial charge in [0.2, 0.25) is 0 Å². The number of aromatic nitrogens is 4. The van der Waals surface area contributed by atoms with Crippen molar-refractivity contribution in [3.63, 3.8) is 0 Å². The lowest BCUT2D eigenvalue weighted by Crippen LogP contribution is -2.04. The summed E-state index contributed by atoms with van der Waals surface area (Å²) in [7, 11) is 0. The van der Waals surface area contributed by atoms with Crippen molar-refractivity contribution in [2.24, 2.45) is 0 Å². The summed E-state index contributed by atoms with van der Waals surface area (Å²) in [6.07, 6.45) is 7.75. The number of nitrogens with zero attached hydrogens (tertiary/aromatic N) is 6. The Bertz CT molecular complexity index is 566. The average molecular weight is 226 g/mol. The molecular formula is C11H10N6. The molecule has 0 saturated carbocycles. The Kier molecular flexibility index (Phi) is 3.18. The smallest absolute Gasteiger partial charge is 0.176 e. The van der Waals surface area contributed by atoms with E-state index in [4.69, 9.17) is 10.5 Å². The molecule has 0 radical (unpaired) electrons. The van der Waals surface area contributed by atoms with Crippen LogP contribution in [0.1, 0.15) is 17.8 Å². The van der Waals surface area contributed by atoms with E-state index in [1.165, 1.54) is 6.33 Å². The molecule has 0 spiro atoms. The molecule has 0 atom stereocenters. The molecule has 2 heterocycles. The summed E-state index contributed by atoms with van der Waals surface area (Å²) in [5.74, 6) is 0. The van der Waals surface area contributed by atoms with Gasteiger partial charge in [-0.1, -0.05) is 0 Å². The maximum Gasteiger partial charge on any atom is 0.176 e. The van der Waals surface area contributed by atoms with Crippen LogP contribution in [0.15, 0.2) is 25.0 Å². The molecule has 17 heavy (non-hydrogen) atoms. The monoisotopic (exact) mass is 226 g/mol. The molecule has 0 aliphatic rings. The van der Waals surface area contributed by atoms with Gasteiger partial charge in [-0.05, 0) is 6.42 Å². The van der Waals surface area contributed by atoms with Crippen LogP contribution in [0.3, 0.4) is 0 Å². The molecule has 6 nitrogen and oxygen atoms in total. The maximum atomic E-state index is 8.93. The lowest BCUT2D eigenvalue weighted by atomic mass is 10.3. The van der Waals surface area contributed by atoms with Crippen LogP contribution in [0, 0.1) is 22.7 Å². The van der Waals surface area contributed by atoms with Crippen LogP contribution in [0.2, 0.25) is 0 Å². The van der Waals surface area contributed by atoms with Crippen LogP contribution in [0.5, 0.6) is 0 Å².